The quantitative estimate of drug-likeness (QED) is 0.220. The van der Waals surface area contributed by atoms with Crippen LogP contribution >= 0.6 is 24.0 Å². The van der Waals surface area contributed by atoms with E-state index < -0.39 is 11.7 Å². The number of pyridine rings is 1. The molecule has 7 nitrogen and oxygen atoms in total. The summed E-state index contributed by atoms with van der Waals surface area (Å²) in [6.45, 7) is 3.74. The molecule has 3 N–H and O–H groups in total. The molecule has 154 valence electrons. The van der Waals surface area contributed by atoms with Crippen LogP contribution in [0.1, 0.15) is 18.9 Å². The van der Waals surface area contributed by atoms with Crippen molar-refractivity contribution in [2.75, 3.05) is 45.6 Å². The molecule has 27 heavy (non-hydrogen) atoms. The zero-order valence-corrected chi connectivity index (χ0v) is 17.9. The van der Waals surface area contributed by atoms with Gasteiger partial charge in [0, 0.05) is 39.9 Å². The fourth-order valence-corrected chi connectivity index (χ4v) is 1.81. The minimum atomic E-state index is -4.38. The van der Waals surface area contributed by atoms with Crippen molar-refractivity contribution < 1.29 is 18.0 Å². The Kier molecular flexibility index (Phi) is 11.7. The summed E-state index contributed by atoms with van der Waals surface area (Å²) in [4.78, 5) is 20.9. The van der Waals surface area contributed by atoms with Gasteiger partial charge in [-0.1, -0.05) is 0 Å². The zero-order valence-electron chi connectivity index (χ0n) is 15.6. The van der Waals surface area contributed by atoms with Crippen molar-refractivity contribution in [3.63, 3.8) is 0 Å². The zero-order chi connectivity index (χ0) is 19.6. The van der Waals surface area contributed by atoms with Crippen LogP contribution < -0.4 is 16.0 Å². The summed E-state index contributed by atoms with van der Waals surface area (Å²) < 4.78 is 37.4. The second-order valence-corrected chi connectivity index (χ2v) is 5.62. The molecule has 0 saturated carbocycles. The standard InChI is InChI=1S/C16H25F3N6O.HI/c1-4-20-15(24-11-14(26)25(2)3)22-9-5-8-21-13-7-6-12(10-23-13)16(17,18)19;/h6-7,10H,4-5,8-9,11H2,1-3H3,(H,21,23)(H2,20,22,24);1H. The fourth-order valence-electron chi connectivity index (χ4n) is 1.81. The van der Waals surface area contributed by atoms with Crippen LogP contribution in [0.3, 0.4) is 0 Å². The lowest BCUT2D eigenvalue weighted by molar-refractivity contribution is -0.137. The number of carbonyl (C=O) groups is 1. The normalized spacial score (nSPS) is 11.4. The van der Waals surface area contributed by atoms with Crippen molar-refractivity contribution in [2.45, 2.75) is 19.5 Å². The van der Waals surface area contributed by atoms with Gasteiger partial charge < -0.3 is 20.9 Å². The van der Waals surface area contributed by atoms with Crippen molar-refractivity contribution in [1.82, 2.24) is 20.5 Å². The molecule has 1 rings (SSSR count). The van der Waals surface area contributed by atoms with Crippen molar-refractivity contribution in [3.05, 3.63) is 23.9 Å². The maximum Gasteiger partial charge on any atom is 0.417 e. The number of hydrogen-bond acceptors (Lipinski definition) is 4. The van der Waals surface area contributed by atoms with E-state index >= 15 is 0 Å². The number of hydrogen-bond donors (Lipinski definition) is 3. The lowest BCUT2D eigenvalue weighted by Gasteiger charge is -2.13. The maximum atomic E-state index is 12.5. The summed E-state index contributed by atoms with van der Waals surface area (Å²) in [7, 11) is 3.33. The SMILES string of the molecule is CCNC(=NCC(=O)N(C)C)NCCCNc1ccc(C(F)(F)F)cn1.I. The van der Waals surface area contributed by atoms with Crippen LogP contribution in [0.15, 0.2) is 23.3 Å². The Balaban J connectivity index is 0.00000676. The van der Waals surface area contributed by atoms with Crippen LogP contribution in [0.4, 0.5) is 19.0 Å². The van der Waals surface area contributed by atoms with E-state index in [2.05, 4.69) is 25.9 Å². The predicted octanol–water partition coefficient (Wildman–Crippen LogP) is 2.16. The lowest BCUT2D eigenvalue weighted by atomic mass is 10.3. The summed E-state index contributed by atoms with van der Waals surface area (Å²) in [5.41, 5.74) is -0.775. The van der Waals surface area contributed by atoms with Gasteiger partial charge in [0.2, 0.25) is 5.91 Å². The van der Waals surface area contributed by atoms with Gasteiger partial charge in [0.15, 0.2) is 5.96 Å². The Hall–Kier alpha value is -1.79. The summed E-state index contributed by atoms with van der Waals surface area (Å²) in [6, 6.07) is 2.29. The van der Waals surface area contributed by atoms with E-state index in [0.29, 0.717) is 37.8 Å². The van der Waals surface area contributed by atoms with E-state index in [1.54, 1.807) is 14.1 Å². The third-order valence-electron chi connectivity index (χ3n) is 3.26. The first-order chi connectivity index (χ1) is 12.2. The highest BCUT2D eigenvalue weighted by molar-refractivity contribution is 14.0. The number of aliphatic imine (C=N–C) groups is 1. The van der Waals surface area contributed by atoms with Gasteiger partial charge in [-0.25, -0.2) is 9.98 Å². The molecule has 1 heterocycles. The molecule has 0 aliphatic rings. The van der Waals surface area contributed by atoms with Crippen LogP contribution in [0, 0.1) is 0 Å². The number of anilines is 1. The molecule has 1 aromatic heterocycles. The Morgan fingerprint density at radius 3 is 2.44 bits per heavy atom. The van der Waals surface area contributed by atoms with Crippen molar-refractivity contribution in [3.8, 4) is 0 Å². The molecule has 1 amide bonds. The number of likely N-dealkylation sites (N-methyl/N-ethyl adjacent to an activating group) is 1. The minimum Gasteiger partial charge on any atom is -0.370 e. The van der Waals surface area contributed by atoms with Crippen LogP contribution in [-0.4, -0.2) is 62.0 Å². The Bertz CT molecular complexity index is 593. The van der Waals surface area contributed by atoms with Gasteiger partial charge in [0.1, 0.15) is 12.4 Å². The third kappa shape index (κ3) is 10.2. The lowest BCUT2D eigenvalue weighted by Crippen LogP contribution is -2.39. The molecule has 0 aromatic carbocycles. The number of nitrogens with zero attached hydrogens (tertiary/aromatic N) is 3. The number of nitrogens with one attached hydrogen (secondary N) is 3. The first-order valence-electron chi connectivity index (χ1n) is 8.23. The minimum absolute atomic E-state index is 0. The number of halogens is 4. The van der Waals surface area contributed by atoms with Gasteiger partial charge >= 0.3 is 6.18 Å². The fraction of sp³-hybridized carbons (Fsp3) is 0.562. The van der Waals surface area contributed by atoms with Crippen molar-refractivity contribution >= 4 is 41.7 Å². The second kappa shape index (κ2) is 12.6. The number of carbonyl (C=O) groups excluding carboxylic acids is 1. The van der Waals surface area contributed by atoms with E-state index in [1.807, 2.05) is 6.92 Å². The highest BCUT2D eigenvalue weighted by atomic mass is 127. The van der Waals surface area contributed by atoms with E-state index in [9.17, 15) is 18.0 Å². The second-order valence-electron chi connectivity index (χ2n) is 5.62. The van der Waals surface area contributed by atoms with Crippen molar-refractivity contribution in [1.29, 1.82) is 0 Å². The van der Waals surface area contributed by atoms with E-state index in [0.717, 1.165) is 12.3 Å². The van der Waals surface area contributed by atoms with Gasteiger partial charge in [0.25, 0.3) is 0 Å². The number of guanidine groups is 1. The Morgan fingerprint density at radius 1 is 1.22 bits per heavy atom. The van der Waals surface area contributed by atoms with Crippen LogP contribution in [0.2, 0.25) is 0 Å². The summed E-state index contributed by atoms with van der Waals surface area (Å²) >= 11 is 0. The molecule has 0 saturated heterocycles. The largest absolute Gasteiger partial charge is 0.417 e. The highest BCUT2D eigenvalue weighted by Crippen LogP contribution is 2.28. The number of amides is 1. The molecule has 11 heteroatoms. The van der Waals surface area contributed by atoms with Gasteiger partial charge in [-0.15, -0.1) is 24.0 Å². The first-order valence-corrected chi connectivity index (χ1v) is 8.23. The number of aromatic nitrogens is 1. The Labute approximate surface area is 174 Å². The molecule has 0 atom stereocenters. The monoisotopic (exact) mass is 502 g/mol. The van der Waals surface area contributed by atoms with Gasteiger partial charge in [-0.3, -0.25) is 4.79 Å². The number of rotatable bonds is 8. The average Bonchev–Trinajstić information content (AvgIpc) is 2.58. The molecule has 0 aliphatic heterocycles. The molecule has 0 unspecified atom stereocenters. The summed E-state index contributed by atoms with van der Waals surface area (Å²) in [5.74, 6) is 0.822. The third-order valence-corrected chi connectivity index (χ3v) is 3.26. The predicted molar refractivity (Wildman–Crippen MR) is 110 cm³/mol. The summed E-state index contributed by atoms with van der Waals surface area (Å²) in [5, 5.41) is 9.08. The molecule has 0 bridgehead atoms. The maximum absolute atomic E-state index is 12.5. The van der Waals surface area contributed by atoms with Crippen LogP contribution in [0.5, 0.6) is 0 Å². The van der Waals surface area contributed by atoms with Gasteiger partial charge in [0.05, 0.1) is 5.56 Å². The van der Waals surface area contributed by atoms with Crippen molar-refractivity contribution in [2.24, 2.45) is 4.99 Å². The Morgan fingerprint density at radius 2 is 1.93 bits per heavy atom. The van der Waals surface area contributed by atoms with Gasteiger partial charge in [-0.2, -0.15) is 13.2 Å². The summed E-state index contributed by atoms with van der Waals surface area (Å²) in [6.07, 6.45) is -2.89. The number of alkyl halides is 3. The molecule has 0 spiro atoms. The topological polar surface area (TPSA) is 81.7 Å². The molecule has 0 radical (unpaired) electrons. The molecule has 0 aliphatic carbocycles. The molecule has 0 fully saturated rings. The van der Waals surface area contributed by atoms with E-state index in [4.69, 9.17) is 0 Å². The molecule has 1 aromatic rings. The highest BCUT2D eigenvalue weighted by Gasteiger charge is 2.30. The molecular weight excluding hydrogens is 476 g/mol. The van der Waals surface area contributed by atoms with E-state index in [-0.39, 0.29) is 36.4 Å². The average molecular weight is 502 g/mol. The van der Waals surface area contributed by atoms with Crippen LogP contribution in [0.25, 0.3) is 0 Å². The van der Waals surface area contributed by atoms with E-state index in [1.165, 1.54) is 11.0 Å². The van der Waals surface area contributed by atoms with Crippen LogP contribution in [-0.2, 0) is 11.0 Å². The van der Waals surface area contributed by atoms with Gasteiger partial charge in [-0.05, 0) is 25.5 Å². The smallest absolute Gasteiger partial charge is 0.370 e. The first kappa shape index (κ1) is 25.2. The molecular formula is C16H26F3IN6O.